The number of rotatable bonds is 10. The van der Waals surface area contributed by atoms with Crippen LogP contribution in [0.25, 0.3) is 16.8 Å². The summed E-state index contributed by atoms with van der Waals surface area (Å²) in [4.78, 5) is 20.1. The Balaban J connectivity index is 1.25. The van der Waals surface area contributed by atoms with E-state index in [0.29, 0.717) is 12.0 Å². The summed E-state index contributed by atoms with van der Waals surface area (Å²) >= 11 is 0. The van der Waals surface area contributed by atoms with Gasteiger partial charge in [0.05, 0.1) is 19.4 Å². The zero-order valence-electron chi connectivity index (χ0n) is 23.8. The van der Waals surface area contributed by atoms with Crippen LogP contribution in [0.15, 0.2) is 30.5 Å². The van der Waals surface area contributed by atoms with Crippen LogP contribution in [0.4, 0.5) is 11.6 Å². The number of ether oxygens (including phenoxy) is 1. The minimum absolute atomic E-state index is 0.0151. The van der Waals surface area contributed by atoms with Crippen molar-refractivity contribution in [2.45, 2.75) is 64.3 Å². The van der Waals surface area contributed by atoms with E-state index in [0.717, 1.165) is 98.3 Å². The minimum atomic E-state index is 0.0151. The second kappa shape index (κ2) is 12.6. The lowest BCUT2D eigenvalue weighted by atomic mass is 10.0. The van der Waals surface area contributed by atoms with Gasteiger partial charge in [-0.3, -0.25) is 9.69 Å². The first kappa shape index (κ1) is 27.0. The van der Waals surface area contributed by atoms with Crippen molar-refractivity contribution < 1.29 is 9.53 Å². The van der Waals surface area contributed by atoms with Crippen LogP contribution in [-0.2, 0) is 4.74 Å². The van der Waals surface area contributed by atoms with Crippen LogP contribution in [0.5, 0.6) is 0 Å². The number of benzene rings is 1. The molecule has 0 atom stereocenters. The molecule has 0 bridgehead atoms. The van der Waals surface area contributed by atoms with Gasteiger partial charge in [-0.05, 0) is 55.7 Å². The van der Waals surface area contributed by atoms with Crippen molar-refractivity contribution in [2.24, 2.45) is 5.92 Å². The normalized spacial score (nSPS) is 18.9. The number of fused-ring (bicyclic) bond motifs is 1. The third-order valence-corrected chi connectivity index (χ3v) is 8.55. The molecule has 1 amide bonds. The number of amides is 1. The molecular formula is C31H43N7O2. The van der Waals surface area contributed by atoms with E-state index in [2.05, 4.69) is 33.0 Å². The third kappa shape index (κ3) is 6.58. The van der Waals surface area contributed by atoms with Crippen molar-refractivity contribution in [2.75, 3.05) is 56.6 Å². The van der Waals surface area contributed by atoms with Crippen LogP contribution >= 0.6 is 0 Å². The van der Waals surface area contributed by atoms with Gasteiger partial charge in [0.2, 0.25) is 0 Å². The molecular weight excluding hydrogens is 502 g/mol. The van der Waals surface area contributed by atoms with Crippen molar-refractivity contribution in [1.29, 1.82) is 0 Å². The van der Waals surface area contributed by atoms with Crippen LogP contribution in [-0.4, -0.2) is 77.4 Å². The number of aryl methyl sites for hydroxylation is 1. The maximum atomic E-state index is 12.7. The third-order valence-electron chi connectivity index (χ3n) is 8.55. The van der Waals surface area contributed by atoms with Gasteiger partial charge in [-0.1, -0.05) is 37.8 Å². The summed E-state index contributed by atoms with van der Waals surface area (Å²) < 4.78 is 7.43. The van der Waals surface area contributed by atoms with E-state index < -0.39 is 0 Å². The standard InChI is InChI=1S/C31H43N7O2/c1-22-18-24(8-11-26(22)31(39)35-25-9-10-25)27-21-34-38-29(33-20-23-6-4-2-3-5-7-23)19-28(36-30(27)38)32-12-13-37-14-16-40-17-15-37/h8,11,18-19,21,23,25,33H,2-7,9-10,12-17,20H2,1H3,(H,32,36)(H,35,39). The van der Waals surface area contributed by atoms with Gasteiger partial charge in [0, 0.05) is 56.0 Å². The van der Waals surface area contributed by atoms with Crippen LogP contribution < -0.4 is 16.0 Å². The Morgan fingerprint density at radius 3 is 2.58 bits per heavy atom. The molecule has 9 heteroatoms. The monoisotopic (exact) mass is 545 g/mol. The fourth-order valence-corrected chi connectivity index (χ4v) is 5.94. The molecule has 6 rings (SSSR count). The number of nitrogens with zero attached hydrogens (tertiary/aromatic N) is 4. The van der Waals surface area contributed by atoms with Gasteiger partial charge in [-0.15, -0.1) is 0 Å². The van der Waals surface area contributed by atoms with E-state index in [1.807, 2.05) is 29.8 Å². The lowest BCUT2D eigenvalue weighted by Gasteiger charge is -2.26. The Hall–Kier alpha value is -3.17. The smallest absolute Gasteiger partial charge is 0.251 e. The van der Waals surface area contributed by atoms with E-state index in [-0.39, 0.29) is 5.91 Å². The second-order valence-corrected chi connectivity index (χ2v) is 11.7. The first-order valence-electron chi connectivity index (χ1n) is 15.2. The highest BCUT2D eigenvalue weighted by atomic mass is 16.5. The van der Waals surface area contributed by atoms with Crippen LogP contribution in [0.2, 0.25) is 0 Å². The van der Waals surface area contributed by atoms with E-state index in [9.17, 15) is 4.79 Å². The first-order chi connectivity index (χ1) is 19.6. The highest BCUT2D eigenvalue weighted by Crippen LogP contribution is 2.30. The molecule has 1 saturated heterocycles. The number of nitrogens with one attached hydrogen (secondary N) is 3. The number of hydrogen-bond donors (Lipinski definition) is 3. The van der Waals surface area contributed by atoms with Crippen molar-refractivity contribution in [1.82, 2.24) is 24.8 Å². The number of anilines is 2. The summed E-state index contributed by atoms with van der Waals surface area (Å²) in [5.74, 6) is 2.52. The number of hydrogen-bond acceptors (Lipinski definition) is 7. The highest BCUT2D eigenvalue weighted by molar-refractivity contribution is 5.97. The highest BCUT2D eigenvalue weighted by Gasteiger charge is 2.25. The van der Waals surface area contributed by atoms with Crippen molar-refractivity contribution >= 4 is 23.2 Å². The molecule has 3 heterocycles. The largest absolute Gasteiger partial charge is 0.379 e. The Kier molecular flexibility index (Phi) is 8.48. The van der Waals surface area contributed by atoms with E-state index in [1.165, 1.54) is 38.5 Å². The molecule has 9 nitrogen and oxygen atoms in total. The van der Waals surface area contributed by atoms with Crippen molar-refractivity contribution in [3.05, 3.63) is 41.6 Å². The summed E-state index contributed by atoms with van der Waals surface area (Å²) in [6.07, 6.45) is 12.0. The summed E-state index contributed by atoms with van der Waals surface area (Å²) in [6.45, 7) is 8.29. The Morgan fingerprint density at radius 1 is 1.02 bits per heavy atom. The molecule has 1 aliphatic heterocycles. The van der Waals surface area contributed by atoms with Gasteiger partial charge in [0.1, 0.15) is 11.6 Å². The summed E-state index contributed by atoms with van der Waals surface area (Å²) in [7, 11) is 0. The maximum absolute atomic E-state index is 12.7. The molecule has 0 unspecified atom stereocenters. The van der Waals surface area contributed by atoms with Gasteiger partial charge >= 0.3 is 0 Å². The van der Waals surface area contributed by atoms with Crippen LogP contribution in [0.3, 0.4) is 0 Å². The lowest BCUT2D eigenvalue weighted by molar-refractivity contribution is 0.0398. The molecule has 2 aromatic heterocycles. The predicted molar refractivity (Wildman–Crippen MR) is 159 cm³/mol. The second-order valence-electron chi connectivity index (χ2n) is 11.7. The van der Waals surface area contributed by atoms with Crippen LogP contribution in [0, 0.1) is 12.8 Å². The molecule has 214 valence electrons. The van der Waals surface area contributed by atoms with Gasteiger partial charge in [0.25, 0.3) is 5.91 Å². The van der Waals surface area contributed by atoms with Gasteiger partial charge < -0.3 is 20.7 Å². The van der Waals surface area contributed by atoms with Crippen molar-refractivity contribution in [3.8, 4) is 11.1 Å². The average Bonchev–Trinajstić information content (AvgIpc) is 3.74. The number of carbonyl (C=O) groups is 1. The summed E-state index contributed by atoms with van der Waals surface area (Å²) in [5, 5.41) is 15.2. The zero-order valence-corrected chi connectivity index (χ0v) is 23.8. The van der Waals surface area contributed by atoms with E-state index in [1.54, 1.807) is 0 Å². The average molecular weight is 546 g/mol. The summed E-state index contributed by atoms with van der Waals surface area (Å²) in [6, 6.07) is 8.47. The Labute approximate surface area is 237 Å². The first-order valence-corrected chi connectivity index (χ1v) is 15.2. The molecule has 3 aliphatic rings. The molecule has 2 aliphatic carbocycles. The topological polar surface area (TPSA) is 95.8 Å². The number of carbonyl (C=O) groups excluding carboxylic acids is 1. The molecule has 3 aromatic rings. The molecule has 3 fully saturated rings. The lowest BCUT2D eigenvalue weighted by Crippen LogP contribution is -2.39. The maximum Gasteiger partial charge on any atom is 0.251 e. The van der Waals surface area contributed by atoms with Gasteiger partial charge in [-0.2, -0.15) is 9.61 Å². The molecule has 40 heavy (non-hydrogen) atoms. The van der Waals surface area contributed by atoms with E-state index in [4.69, 9.17) is 14.8 Å². The summed E-state index contributed by atoms with van der Waals surface area (Å²) in [5.41, 5.74) is 4.49. The number of morpholine rings is 1. The SMILES string of the molecule is Cc1cc(-c2cnn3c(NCC4CCCCCC4)cc(NCCN4CCOCC4)nc23)ccc1C(=O)NC1CC1. The zero-order chi connectivity index (χ0) is 27.3. The van der Waals surface area contributed by atoms with E-state index >= 15 is 0 Å². The quantitative estimate of drug-likeness (QED) is 0.317. The molecule has 2 saturated carbocycles. The fourth-order valence-electron chi connectivity index (χ4n) is 5.94. The number of aromatic nitrogens is 3. The fraction of sp³-hybridized carbons (Fsp3) is 0.581. The molecule has 3 N–H and O–H groups in total. The molecule has 1 aromatic carbocycles. The Morgan fingerprint density at radius 2 is 1.82 bits per heavy atom. The van der Waals surface area contributed by atoms with Crippen molar-refractivity contribution in [3.63, 3.8) is 0 Å². The van der Waals surface area contributed by atoms with Gasteiger partial charge in [-0.25, -0.2) is 4.98 Å². The van der Waals surface area contributed by atoms with Gasteiger partial charge in [0.15, 0.2) is 5.65 Å². The van der Waals surface area contributed by atoms with Crippen LogP contribution in [0.1, 0.15) is 67.3 Å². The predicted octanol–water partition coefficient (Wildman–Crippen LogP) is 4.72. The Bertz CT molecular complexity index is 1300. The molecule has 0 spiro atoms. The minimum Gasteiger partial charge on any atom is -0.379 e. The molecule has 0 radical (unpaired) electrons.